The van der Waals surface area contributed by atoms with Gasteiger partial charge in [-0.3, -0.25) is 0 Å². The van der Waals surface area contributed by atoms with Crippen LogP contribution in [0.25, 0.3) is 0 Å². The molecule has 0 fully saturated rings. The second-order valence-corrected chi connectivity index (χ2v) is 6.20. The van der Waals surface area contributed by atoms with Crippen LogP contribution in [0.5, 0.6) is 5.75 Å². The van der Waals surface area contributed by atoms with Crippen LogP contribution in [0.1, 0.15) is 16.7 Å². The molecule has 0 heterocycles. The largest absolute Gasteiger partial charge is 0.488 e. The van der Waals surface area contributed by atoms with E-state index < -0.39 is 0 Å². The molecule has 0 aliphatic rings. The normalized spacial score (nSPS) is 10.7. The molecule has 0 aromatic heterocycles. The van der Waals surface area contributed by atoms with Crippen molar-refractivity contribution in [3.63, 3.8) is 0 Å². The maximum absolute atomic E-state index is 6.13. The predicted octanol–water partition coefficient (Wildman–Crippen LogP) is 5.10. The summed E-state index contributed by atoms with van der Waals surface area (Å²) in [6, 6.07) is 9.28. The Hall–Kier alpha value is -0.740. The molecule has 2 aromatic rings. The van der Waals surface area contributed by atoms with Gasteiger partial charge >= 0.3 is 0 Å². The lowest BCUT2D eigenvalue weighted by molar-refractivity contribution is 0.301. The number of halogens is 3. The van der Waals surface area contributed by atoms with Crippen molar-refractivity contribution in [2.24, 2.45) is 5.73 Å². The fourth-order valence-corrected chi connectivity index (χ4v) is 2.95. The van der Waals surface area contributed by atoms with E-state index in [1.54, 1.807) is 18.2 Å². The van der Waals surface area contributed by atoms with Crippen LogP contribution in [0, 0.1) is 6.92 Å². The molecule has 106 valence electrons. The van der Waals surface area contributed by atoms with Gasteiger partial charge < -0.3 is 10.5 Å². The molecule has 0 unspecified atom stereocenters. The molecule has 20 heavy (non-hydrogen) atoms. The van der Waals surface area contributed by atoms with Crippen molar-refractivity contribution < 1.29 is 4.74 Å². The fraction of sp³-hybridized carbons (Fsp3) is 0.200. The Labute approximate surface area is 137 Å². The summed E-state index contributed by atoms with van der Waals surface area (Å²) in [5.74, 6) is 0.798. The first-order chi connectivity index (χ1) is 9.51. The maximum Gasteiger partial charge on any atom is 0.127 e. The van der Waals surface area contributed by atoms with Crippen LogP contribution in [0.2, 0.25) is 10.0 Å². The van der Waals surface area contributed by atoms with Crippen molar-refractivity contribution in [1.82, 2.24) is 0 Å². The third-order valence-electron chi connectivity index (χ3n) is 2.92. The third kappa shape index (κ3) is 3.67. The van der Waals surface area contributed by atoms with Gasteiger partial charge in [-0.15, -0.1) is 0 Å². The molecule has 0 spiro atoms. The highest BCUT2D eigenvalue weighted by molar-refractivity contribution is 9.10. The Morgan fingerprint density at radius 1 is 1.15 bits per heavy atom. The summed E-state index contributed by atoms with van der Waals surface area (Å²) in [7, 11) is 0. The molecular weight excluding hydrogens is 361 g/mol. The number of rotatable bonds is 4. The van der Waals surface area contributed by atoms with Crippen molar-refractivity contribution in [3.05, 3.63) is 61.5 Å². The SMILES string of the molecule is Cc1cc(Br)cc(CN)c1OCc1cc(Cl)ccc1Cl. The van der Waals surface area contributed by atoms with Crippen molar-refractivity contribution >= 4 is 39.1 Å². The van der Waals surface area contributed by atoms with Crippen molar-refractivity contribution in [3.8, 4) is 5.75 Å². The van der Waals surface area contributed by atoms with E-state index in [0.717, 1.165) is 26.9 Å². The van der Waals surface area contributed by atoms with E-state index in [2.05, 4.69) is 15.9 Å². The van der Waals surface area contributed by atoms with E-state index in [1.807, 2.05) is 19.1 Å². The Morgan fingerprint density at radius 3 is 2.60 bits per heavy atom. The average Bonchev–Trinajstić information content (AvgIpc) is 2.40. The minimum absolute atomic E-state index is 0.356. The highest BCUT2D eigenvalue weighted by atomic mass is 79.9. The van der Waals surface area contributed by atoms with Crippen molar-refractivity contribution in [2.45, 2.75) is 20.1 Å². The third-order valence-corrected chi connectivity index (χ3v) is 3.98. The highest BCUT2D eigenvalue weighted by Crippen LogP contribution is 2.29. The summed E-state index contributed by atoms with van der Waals surface area (Å²) in [5, 5.41) is 1.28. The number of aryl methyl sites for hydroxylation is 1. The van der Waals surface area contributed by atoms with Gasteiger partial charge in [0, 0.05) is 32.2 Å². The van der Waals surface area contributed by atoms with Gasteiger partial charge in [-0.25, -0.2) is 0 Å². The summed E-state index contributed by atoms with van der Waals surface area (Å²) < 4.78 is 6.88. The van der Waals surface area contributed by atoms with Gasteiger partial charge in [-0.05, 0) is 42.8 Å². The van der Waals surface area contributed by atoms with E-state index in [1.165, 1.54) is 0 Å². The fourth-order valence-electron chi connectivity index (χ4n) is 1.96. The van der Waals surface area contributed by atoms with Gasteiger partial charge in [0.25, 0.3) is 0 Å². The van der Waals surface area contributed by atoms with Gasteiger partial charge in [0.05, 0.1) is 0 Å². The zero-order chi connectivity index (χ0) is 14.7. The zero-order valence-electron chi connectivity index (χ0n) is 10.9. The van der Waals surface area contributed by atoms with Gasteiger partial charge in [0.1, 0.15) is 12.4 Å². The van der Waals surface area contributed by atoms with E-state index in [0.29, 0.717) is 23.2 Å². The average molecular weight is 375 g/mol. The molecule has 2 N–H and O–H groups in total. The topological polar surface area (TPSA) is 35.2 Å². The van der Waals surface area contributed by atoms with E-state index >= 15 is 0 Å². The summed E-state index contributed by atoms with van der Waals surface area (Å²) in [4.78, 5) is 0. The first-order valence-electron chi connectivity index (χ1n) is 6.07. The second-order valence-electron chi connectivity index (χ2n) is 4.44. The van der Waals surface area contributed by atoms with Crippen LogP contribution in [0.15, 0.2) is 34.8 Å². The smallest absolute Gasteiger partial charge is 0.127 e. The van der Waals surface area contributed by atoms with Crippen LogP contribution in [-0.4, -0.2) is 0 Å². The van der Waals surface area contributed by atoms with Crippen LogP contribution in [0.3, 0.4) is 0 Å². The lowest BCUT2D eigenvalue weighted by atomic mass is 10.1. The van der Waals surface area contributed by atoms with Crippen molar-refractivity contribution in [1.29, 1.82) is 0 Å². The van der Waals surface area contributed by atoms with Gasteiger partial charge in [-0.2, -0.15) is 0 Å². The summed E-state index contributed by atoms with van der Waals surface area (Å²) in [5.41, 5.74) is 8.59. The molecule has 0 aliphatic carbocycles. The molecule has 0 atom stereocenters. The molecule has 2 rings (SSSR count). The van der Waals surface area contributed by atoms with Crippen LogP contribution < -0.4 is 10.5 Å². The lowest BCUT2D eigenvalue weighted by Gasteiger charge is -2.15. The molecule has 0 amide bonds. The van der Waals surface area contributed by atoms with Gasteiger partial charge in [0.15, 0.2) is 0 Å². The Morgan fingerprint density at radius 2 is 1.90 bits per heavy atom. The summed E-state index contributed by atoms with van der Waals surface area (Å²) >= 11 is 15.6. The van der Waals surface area contributed by atoms with Crippen LogP contribution in [0.4, 0.5) is 0 Å². The number of ether oxygens (including phenoxy) is 1. The Bertz CT molecular complexity index is 632. The first kappa shape index (κ1) is 15.6. The molecule has 0 saturated heterocycles. The highest BCUT2D eigenvalue weighted by Gasteiger charge is 2.09. The molecule has 5 heteroatoms. The predicted molar refractivity (Wildman–Crippen MR) is 87.6 cm³/mol. The number of hydrogen-bond acceptors (Lipinski definition) is 2. The molecule has 0 bridgehead atoms. The summed E-state index contributed by atoms with van der Waals surface area (Å²) in [6.45, 7) is 2.76. The molecule has 0 radical (unpaired) electrons. The molecule has 0 aliphatic heterocycles. The second kappa shape index (κ2) is 6.81. The molecular formula is C15H14BrCl2NO. The van der Waals surface area contributed by atoms with E-state index in [9.17, 15) is 0 Å². The minimum Gasteiger partial charge on any atom is -0.488 e. The van der Waals surface area contributed by atoms with Crippen LogP contribution in [-0.2, 0) is 13.2 Å². The quantitative estimate of drug-likeness (QED) is 0.807. The first-order valence-corrected chi connectivity index (χ1v) is 7.62. The molecule has 0 saturated carbocycles. The maximum atomic E-state index is 6.13. The standard InChI is InChI=1S/C15H14BrCl2NO/c1-9-4-12(16)5-10(7-19)15(9)20-8-11-6-13(17)2-3-14(11)18/h2-6H,7-8,19H2,1H3. The van der Waals surface area contributed by atoms with Crippen molar-refractivity contribution in [2.75, 3.05) is 0 Å². The number of hydrogen-bond donors (Lipinski definition) is 1. The Kier molecular flexibility index (Phi) is 5.33. The molecule has 2 aromatic carbocycles. The Balaban J connectivity index is 2.25. The van der Waals surface area contributed by atoms with Gasteiger partial charge in [-0.1, -0.05) is 39.1 Å². The van der Waals surface area contributed by atoms with Crippen LogP contribution >= 0.6 is 39.1 Å². The van der Waals surface area contributed by atoms with Gasteiger partial charge in [0.2, 0.25) is 0 Å². The van der Waals surface area contributed by atoms with E-state index in [-0.39, 0.29) is 0 Å². The number of nitrogens with two attached hydrogens (primary N) is 1. The number of benzene rings is 2. The van der Waals surface area contributed by atoms with E-state index in [4.69, 9.17) is 33.7 Å². The summed E-state index contributed by atoms with van der Waals surface area (Å²) in [6.07, 6.45) is 0. The lowest BCUT2D eigenvalue weighted by Crippen LogP contribution is -2.05. The molecule has 2 nitrogen and oxygen atoms in total. The zero-order valence-corrected chi connectivity index (χ0v) is 14.0. The monoisotopic (exact) mass is 373 g/mol. The minimum atomic E-state index is 0.356.